The molecule has 0 saturated heterocycles. The van der Waals surface area contributed by atoms with Crippen molar-refractivity contribution in [1.29, 1.82) is 0 Å². The maximum atomic E-state index is 5.38. The Balaban J connectivity index is 2.36. The summed E-state index contributed by atoms with van der Waals surface area (Å²) < 4.78 is 0. The van der Waals surface area contributed by atoms with Crippen molar-refractivity contribution >= 4 is 0 Å². The first-order valence-electron chi connectivity index (χ1n) is 3.77. The fourth-order valence-corrected chi connectivity index (χ4v) is 0.930. The highest BCUT2D eigenvalue weighted by Crippen LogP contribution is 2.09. The van der Waals surface area contributed by atoms with Gasteiger partial charge in [-0.1, -0.05) is 0 Å². The van der Waals surface area contributed by atoms with E-state index in [0.29, 0.717) is 18.2 Å². The zero-order chi connectivity index (χ0) is 9.10. The van der Waals surface area contributed by atoms with Crippen LogP contribution in [0.2, 0.25) is 0 Å². The Morgan fingerprint density at radius 2 is 2.08 bits per heavy atom. The number of hydrogen-bond donors (Lipinski definition) is 2. The molecule has 3 N–H and O–H groups in total. The molecule has 0 aliphatic rings. The van der Waals surface area contributed by atoms with Crippen LogP contribution >= 0.6 is 0 Å². The fraction of sp³-hybridized carbons (Fsp3) is 0.143. The van der Waals surface area contributed by atoms with Crippen LogP contribution < -0.4 is 5.73 Å². The Labute approximate surface area is 74.2 Å². The summed E-state index contributed by atoms with van der Waals surface area (Å²) in [7, 11) is 0. The monoisotopic (exact) mass is 176 g/mol. The zero-order valence-electron chi connectivity index (χ0n) is 6.81. The third-order valence-corrected chi connectivity index (χ3v) is 1.54. The van der Waals surface area contributed by atoms with Crippen LogP contribution in [0.1, 0.15) is 5.82 Å². The summed E-state index contributed by atoms with van der Waals surface area (Å²) in [6.07, 6.45) is 4.76. The summed E-state index contributed by atoms with van der Waals surface area (Å²) in [5, 5.41) is 6.67. The van der Waals surface area contributed by atoms with Gasteiger partial charge in [-0.25, -0.2) is 15.0 Å². The summed E-state index contributed by atoms with van der Waals surface area (Å²) in [5.41, 5.74) is 6.15. The molecule has 2 heterocycles. The van der Waals surface area contributed by atoms with E-state index in [9.17, 15) is 0 Å². The van der Waals surface area contributed by atoms with Gasteiger partial charge in [0, 0.05) is 12.4 Å². The van der Waals surface area contributed by atoms with Crippen LogP contribution in [0.25, 0.3) is 11.4 Å². The van der Waals surface area contributed by atoms with Crippen LogP contribution in [0.3, 0.4) is 0 Å². The van der Waals surface area contributed by atoms with Gasteiger partial charge in [0.2, 0.25) is 0 Å². The minimum Gasteiger partial charge on any atom is -0.324 e. The van der Waals surface area contributed by atoms with Gasteiger partial charge in [0.1, 0.15) is 12.2 Å². The van der Waals surface area contributed by atoms with E-state index in [1.807, 2.05) is 0 Å². The van der Waals surface area contributed by atoms with E-state index in [2.05, 4.69) is 25.1 Å². The highest BCUT2D eigenvalue weighted by atomic mass is 15.2. The molecule has 0 spiro atoms. The second-order valence-corrected chi connectivity index (χ2v) is 2.44. The van der Waals surface area contributed by atoms with Crippen molar-refractivity contribution in [2.45, 2.75) is 6.54 Å². The lowest BCUT2D eigenvalue weighted by molar-refractivity contribution is 0.917. The summed E-state index contributed by atoms with van der Waals surface area (Å²) in [6, 6.07) is 0. The second-order valence-electron chi connectivity index (χ2n) is 2.44. The number of nitrogens with zero attached hydrogens (tertiary/aromatic N) is 4. The number of rotatable bonds is 2. The molecule has 2 aromatic heterocycles. The van der Waals surface area contributed by atoms with Crippen LogP contribution in [0, 0.1) is 0 Å². The smallest absolute Gasteiger partial charge is 0.184 e. The molecule has 0 saturated carbocycles. The summed E-state index contributed by atoms with van der Waals surface area (Å²) >= 11 is 0. The number of hydrogen-bond acceptors (Lipinski definition) is 5. The lowest BCUT2D eigenvalue weighted by Crippen LogP contribution is -1.97. The topological polar surface area (TPSA) is 93.4 Å². The van der Waals surface area contributed by atoms with E-state index < -0.39 is 0 Å². The molecule has 0 aromatic carbocycles. The Morgan fingerprint density at radius 3 is 2.69 bits per heavy atom. The fourth-order valence-electron chi connectivity index (χ4n) is 0.930. The van der Waals surface area contributed by atoms with E-state index in [0.717, 1.165) is 5.56 Å². The Kier molecular flexibility index (Phi) is 1.97. The first-order chi connectivity index (χ1) is 6.40. The van der Waals surface area contributed by atoms with Crippen molar-refractivity contribution in [2.75, 3.05) is 0 Å². The zero-order valence-corrected chi connectivity index (χ0v) is 6.81. The third-order valence-electron chi connectivity index (χ3n) is 1.54. The summed E-state index contributed by atoms with van der Waals surface area (Å²) in [5.74, 6) is 1.22. The number of aromatic amines is 1. The van der Waals surface area contributed by atoms with Gasteiger partial charge in [0.15, 0.2) is 5.82 Å². The van der Waals surface area contributed by atoms with Gasteiger partial charge in [-0.3, -0.25) is 5.10 Å². The lowest BCUT2D eigenvalue weighted by Gasteiger charge is -1.89. The quantitative estimate of drug-likeness (QED) is 0.656. The standard InChI is InChI=1S/C7H8N6/c8-1-6-11-7(13-12-6)5-2-9-4-10-3-5/h2-4H,1,8H2,(H,11,12,13). The molecular formula is C7H8N6. The van der Waals surface area contributed by atoms with Crippen molar-refractivity contribution in [2.24, 2.45) is 5.73 Å². The van der Waals surface area contributed by atoms with Crippen molar-refractivity contribution < 1.29 is 0 Å². The molecule has 2 aromatic rings. The van der Waals surface area contributed by atoms with Crippen LogP contribution in [-0.2, 0) is 6.54 Å². The number of H-pyrrole nitrogens is 1. The van der Waals surface area contributed by atoms with Gasteiger partial charge in [0.05, 0.1) is 12.1 Å². The molecule has 0 unspecified atom stereocenters. The second kappa shape index (κ2) is 3.28. The molecule has 0 radical (unpaired) electrons. The normalized spacial score (nSPS) is 10.2. The van der Waals surface area contributed by atoms with E-state index in [1.165, 1.54) is 6.33 Å². The SMILES string of the molecule is NCc1nc(-c2cncnc2)n[nH]1. The molecule has 0 fully saturated rings. The largest absolute Gasteiger partial charge is 0.324 e. The van der Waals surface area contributed by atoms with Crippen molar-refractivity contribution in [3.63, 3.8) is 0 Å². The van der Waals surface area contributed by atoms with E-state index in [1.54, 1.807) is 12.4 Å². The third kappa shape index (κ3) is 1.52. The molecule has 6 heteroatoms. The van der Waals surface area contributed by atoms with E-state index in [-0.39, 0.29) is 0 Å². The van der Waals surface area contributed by atoms with Crippen molar-refractivity contribution in [3.8, 4) is 11.4 Å². The summed E-state index contributed by atoms with van der Waals surface area (Å²) in [4.78, 5) is 11.8. The van der Waals surface area contributed by atoms with Gasteiger partial charge in [-0.05, 0) is 0 Å². The van der Waals surface area contributed by atoms with Crippen LogP contribution in [0.5, 0.6) is 0 Å². The Morgan fingerprint density at radius 1 is 1.31 bits per heavy atom. The van der Waals surface area contributed by atoms with Gasteiger partial charge in [-0.2, -0.15) is 5.10 Å². The molecule has 0 amide bonds. The van der Waals surface area contributed by atoms with Crippen LogP contribution in [-0.4, -0.2) is 25.1 Å². The number of aromatic nitrogens is 5. The Hall–Kier alpha value is -1.82. The van der Waals surface area contributed by atoms with Gasteiger partial charge in [-0.15, -0.1) is 0 Å². The molecule has 0 aliphatic heterocycles. The minimum absolute atomic E-state index is 0.348. The maximum absolute atomic E-state index is 5.38. The molecule has 6 nitrogen and oxygen atoms in total. The van der Waals surface area contributed by atoms with Crippen molar-refractivity contribution in [3.05, 3.63) is 24.5 Å². The van der Waals surface area contributed by atoms with Crippen LogP contribution in [0.4, 0.5) is 0 Å². The molecule has 0 aliphatic carbocycles. The maximum Gasteiger partial charge on any atom is 0.184 e. The predicted molar refractivity (Wildman–Crippen MR) is 45.3 cm³/mol. The highest BCUT2D eigenvalue weighted by Gasteiger charge is 2.03. The average Bonchev–Trinajstić information content (AvgIpc) is 2.67. The Bertz CT molecular complexity index is 381. The molecular weight excluding hydrogens is 168 g/mol. The highest BCUT2D eigenvalue weighted by molar-refractivity contribution is 5.50. The van der Waals surface area contributed by atoms with Gasteiger partial charge in [0.25, 0.3) is 0 Å². The first kappa shape index (κ1) is 7.81. The minimum atomic E-state index is 0.348. The van der Waals surface area contributed by atoms with E-state index in [4.69, 9.17) is 5.73 Å². The van der Waals surface area contributed by atoms with Gasteiger partial charge >= 0.3 is 0 Å². The number of nitrogens with one attached hydrogen (secondary N) is 1. The van der Waals surface area contributed by atoms with Gasteiger partial charge < -0.3 is 5.73 Å². The van der Waals surface area contributed by atoms with Crippen molar-refractivity contribution in [1.82, 2.24) is 25.1 Å². The average molecular weight is 176 g/mol. The summed E-state index contributed by atoms with van der Waals surface area (Å²) in [6.45, 7) is 0.348. The van der Waals surface area contributed by atoms with Crippen LogP contribution in [0.15, 0.2) is 18.7 Å². The molecule has 0 bridgehead atoms. The molecule has 2 rings (SSSR count). The molecule has 66 valence electrons. The number of nitrogens with two attached hydrogens (primary N) is 1. The first-order valence-corrected chi connectivity index (χ1v) is 3.77. The van der Waals surface area contributed by atoms with E-state index >= 15 is 0 Å². The molecule has 13 heavy (non-hydrogen) atoms. The lowest BCUT2D eigenvalue weighted by atomic mass is 10.3. The predicted octanol–water partition coefficient (Wildman–Crippen LogP) is -0.280. The molecule has 0 atom stereocenters.